The SMILES string of the molecule is CCC(CC)CC(O)c1ccccc1. The molecule has 0 spiro atoms. The second kappa shape index (κ2) is 5.82. The van der Waals surface area contributed by atoms with Gasteiger partial charge in [0.25, 0.3) is 0 Å². The summed E-state index contributed by atoms with van der Waals surface area (Å²) in [4.78, 5) is 0. The highest BCUT2D eigenvalue weighted by molar-refractivity contribution is 5.17. The fourth-order valence-electron chi connectivity index (χ4n) is 1.75. The van der Waals surface area contributed by atoms with E-state index in [0.29, 0.717) is 5.92 Å². The molecule has 0 radical (unpaired) electrons. The van der Waals surface area contributed by atoms with E-state index >= 15 is 0 Å². The Balaban J connectivity index is 2.54. The van der Waals surface area contributed by atoms with E-state index in [9.17, 15) is 5.11 Å². The molecule has 0 saturated heterocycles. The Labute approximate surface area is 86.8 Å². The maximum atomic E-state index is 9.95. The van der Waals surface area contributed by atoms with Gasteiger partial charge in [-0.2, -0.15) is 0 Å². The van der Waals surface area contributed by atoms with E-state index in [4.69, 9.17) is 0 Å². The fourth-order valence-corrected chi connectivity index (χ4v) is 1.75. The van der Waals surface area contributed by atoms with Crippen molar-refractivity contribution in [2.45, 2.75) is 39.2 Å². The molecule has 0 bridgehead atoms. The summed E-state index contributed by atoms with van der Waals surface area (Å²) in [5, 5.41) is 9.95. The molecule has 14 heavy (non-hydrogen) atoms. The van der Waals surface area contributed by atoms with Gasteiger partial charge < -0.3 is 5.11 Å². The summed E-state index contributed by atoms with van der Waals surface area (Å²) >= 11 is 0. The van der Waals surface area contributed by atoms with Crippen molar-refractivity contribution in [2.24, 2.45) is 5.92 Å². The Bertz CT molecular complexity index is 239. The van der Waals surface area contributed by atoms with Gasteiger partial charge in [-0.3, -0.25) is 0 Å². The van der Waals surface area contributed by atoms with E-state index in [0.717, 1.165) is 24.8 Å². The van der Waals surface area contributed by atoms with Crippen molar-refractivity contribution in [1.29, 1.82) is 0 Å². The van der Waals surface area contributed by atoms with Gasteiger partial charge in [0.05, 0.1) is 6.10 Å². The van der Waals surface area contributed by atoms with Crippen LogP contribution in [0, 0.1) is 5.92 Å². The zero-order valence-corrected chi connectivity index (χ0v) is 9.11. The van der Waals surface area contributed by atoms with Gasteiger partial charge in [0.1, 0.15) is 0 Å². The van der Waals surface area contributed by atoms with Crippen LogP contribution < -0.4 is 0 Å². The van der Waals surface area contributed by atoms with E-state index < -0.39 is 0 Å². The van der Waals surface area contributed by atoms with Crippen LogP contribution in [0.5, 0.6) is 0 Å². The van der Waals surface area contributed by atoms with Crippen molar-refractivity contribution in [2.75, 3.05) is 0 Å². The smallest absolute Gasteiger partial charge is 0.0792 e. The third kappa shape index (κ3) is 3.15. The van der Waals surface area contributed by atoms with Gasteiger partial charge >= 0.3 is 0 Å². The van der Waals surface area contributed by atoms with E-state index in [-0.39, 0.29) is 6.10 Å². The molecule has 1 atom stereocenters. The highest BCUT2D eigenvalue weighted by Gasteiger charge is 2.12. The minimum Gasteiger partial charge on any atom is -0.388 e. The van der Waals surface area contributed by atoms with Gasteiger partial charge in [-0.05, 0) is 17.9 Å². The Morgan fingerprint density at radius 3 is 2.14 bits per heavy atom. The molecule has 0 aliphatic rings. The van der Waals surface area contributed by atoms with Crippen LogP contribution in [0.3, 0.4) is 0 Å². The molecule has 0 amide bonds. The van der Waals surface area contributed by atoms with Crippen LogP contribution in [0.4, 0.5) is 0 Å². The van der Waals surface area contributed by atoms with E-state index in [1.807, 2.05) is 30.3 Å². The Morgan fingerprint density at radius 2 is 1.64 bits per heavy atom. The van der Waals surface area contributed by atoms with E-state index in [1.54, 1.807) is 0 Å². The zero-order valence-electron chi connectivity index (χ0n) is 9.11. The third-order valence-electron chi connectivity index (χ3n) is 2.90. The van der Waals surface area contributed by atoms with Crippen LogP contribution in [-0.4, -0.2) is 5.11 Å². The van der Waals surface area contributed by atoms with Crippen LogP contribution in [0.15, 0.2) is 30.3 Å². The summed E-state index contributed by atoms with van der Waals surface area (Å²) in [5.74, 6) is 0.644. The first kappa shape index (κ1) is 11.3. The molecule has 78 valence electrons. The van der Waals surface area contributed by atoms with E-state index in [2.05, 4.69) is 13.8 Å². The predicted molar refractivity (Wildman–Crippen MR) is 60.1 cm³/mol. The summed E-state index contributed by atoms with van der Waals surface area (Å²) in [7, 11) is 0. The zero-order chi connectivity index (χ0) is 10.4. The summed E-state index contributed by atoms with van der Waals surface area (Å²) in [6.07, 6.45) is 2.90. The number of rotatable bonds is 5. The molecule has 1 nitrogen and oxygen atoms in total. The highest BCUT2D eigenvalue weighted by Crippen LogP contribution is 2.24. The largest absolute Gasteiger partial charge is 0.388 e. The van der Waals surface area contributed by atoms with Gasteiger partial charge in [-0.25, -0.2) is 0 Å². The maximum Gasteiger partial charge on any atom is 0.0792 e. The third-order valence-corrected chi connectivity index (χ3v) is 2.90. The summed E-state index contributed by atoms with van der Waals surface area (Å²) in [6.45, 7) is 4.37. The molecular weight excluding hydrogens is 172 g/mol. The molecule has 1 rings (SSSR count). The number of aliphatic hydroxyl groups excluding tert-OH is 1. The second-order valence-electron chi connectivity index (χ2n) is 3.84. The molecule has 0 saturated carbocycles. The van der Waals surface area contributed by atoms with Crippen LogP contribution in [0.25, 0.3) is 0 Å². The van der Waals surface area contributed by atoms with E-state index in [1.165, 1.54) is 0 Å². The molecule has 1 unspecified atom stereocenters. The molecule has 0 fully saturated rings. The van der Waals surface area contributed by atoms with Gasteiger partial charge in [-0.1, -0.05) is 57.0 Å². The molecule has 1 heteroatoms. The number of hydrogen-bond acceptors (Lipinski definition) is 1. The minimum atomic E-state index is -0.291. The summed E-state index contributed by atoms with van der Waals surface area (Å²) in [5.41, 5.74) is 1.04. The van der Waals surface area contributed by atoms with Gasteiger partial charge in [-0.15, -0.1) is 0 Å². The van der Waals surface area contributed by atoms with Crippen LogP contribution in [-0.2, 0) is 0 Å². The molecule has 1 aromatic rings. The maximum absolute atomic E-state index is 9.95. The van der Waals surface area contributed by atoms with Gasteiger partial charge in [0.15, 0.2) is 0 Å². The van der Waals surface area contributed by atoms with Gasteiger partial charge in [0.2, 0.25) is 0 Å². The first-order chi connectivity index (χ1) is 6.77. The van der Waals surface area contributed by atoms with Crippen molar-refractivity contribution >= 4 is 0 Å². The van der Waals surface area contributed by atoms with Crippen LogP contribution >= 0.6 is 0 Å². The molecular formula is C13H20O. The number of benzene rings is 1. The molecule has 1 aromatic carbocycles. The lowest BCUT2D eigenvalue weighted by atomic mass is 9.93. The second-order valence-corrected chi connectivity index (χ2v) is 3.84. The first-order valence-corrected chi connectivity index (χ1v) is 5.50. The molecule has 1 N–H and O–H groups in total. The average Bonchev–Trinajstić information content (AvgIpc) is 2.26. The minimum absolute atomic E-state index is 0.291. The van der Waals surface area contributed by atoms with Gasteiger partial charge in [0, 0.05) is 0 Å². The highest BCUT2D eigenvalue weighted by atomic mass is 16.3. The lowest BCUT2D eigenvalue weighted by molar-refractivity contribution is 0.141. The summed E-state index contributed by atoms with van der Waals surface area (Å²) < 4.78 is 0. The quantitative estimate of drug-likeness (QED) is 0.756. The lowest BCUT2D eigenvalue weighted by Crippen LogP contribution is -2.05. The fraction of sp³-hybridized carbons (Fsp3) is 0.538. The Hall–Kier alpha value is -0.820. The van der Waals surface area contributed by atoms with Crippen molar-refractivity contribution in [3.05, 3.63) is 35.9 Å². The lowest BCUT2D eigenvalue weighted by Gasteiger charge is -2.17. The van der Waals surface area contributed by atoms with Crippen LogP contribution in [0.2, 0.25) is 0 Å². The number of hydrogen-bond donors (Lipinski definition) is 1. The molecule has 0 aromatic heterocycles. The van der Waals surface area contributed by atoms with Crippen molar-refractivity contribution in [1.82, 2.24) is 0 Å². The molecule has 0 aliphatic heterocycles. The first-order valence-electron chi connectivity index (χ1n) is 5.50. The topological polar surface area (TPSA) is 20.2 Å². The normalized spacial score (nSPS) is 13.1. The standard InChI is InChI=1S/C13H20O/c1-3-11(4-2)10-13(14)12-8-6-5-7-9-12/h5-9,11,13-14H,3-4,10H2,1-2H3. The van der Waals surface area contributed by atoms with Crippen molar-refractivity contribution in [3.8, 4) is 0 Å². The number of aliphatic hydroxyl groups is 1. The van der Waals surface area contributed by atoms with Crippen LogP contribution in [0.1, 0.15) is 44.8 Å². The van der Waals surface area contributed by atoms with Crippen molar-refractivity contribution in [3.63, 3.8) is 0 Å². The summed E-state index contributed by atoms with van der Waals surface area (Å²) in [6, 6.07) is 9.92. The monoisotopic (exact) mass is 192 g/mol. The Morgan fingerprint density at radius 1 is 1.07 bits per heavy atom. The average molecular weight is 192 g/mol. The molecule has 0 aliphatic carbocycles. The predicted octanol–water partition coefficient (Wildman–Crippen LogP) is 3.55. The van der Waals surface area contributed by atoms with Crippen molar-refractivity contribution < 1.29 is 5.11 Å². The molecule has 0 heterocycles. The Kier molecular flexibility index (Phi) is 4.68.